The van der Waals surface area contributed by atoms with Crippen molar-refractivity contribution in [3.8, 4) is 0 Å². The minimum Gasteiger partial charge on any atom is -0.359 e. The smallest absolute Gasteiger partial charge is 0.205 e. The summed E-state index contributed by atoms with van der Waals surface area (Å²) in [5.41, 5.74) is 0. The Bertz CT molecular complexity index is 135. The zero-order chi connectivity index (χ0) is 6.74. The predicted octanol–water partition coefficient (Wildman–Crippen LogP) is 0.838. The first-order valence-corrected chi connectivity index (χ1v) is 2.90. The number of allylic oxidation sites excluding steroid dienone is 2. The molecule has 2 nitrogen and oxygen atoms in total. The molecular formula is C7H10O2. The second-order valence-electron chi connectivity index (χ2n) is 2.00. The van der Waals surface area contributed by atoms with E-state index in [1.165, 1.54) is 7.11 Å². The fourth-order valence-electron chi connectivity index (χ4n) is 0.744. The summed E-state index contributed by atoms with van der Waals surface area (Å²) in [5, 5.41) is 9.28. The van der Waals surface area contributed by atoms with Gasteiger partial charge in [0.1, 0.15) is 0 Å². The molecule has 0 bridgehead atoms. The molecule has 0 aromatic carbocycles. The Labute approximate surface area is 54.5 Å². The van der Waals surface area contributed by atoms with E-state index in [9.17, 15) is 5.11 Å². The van der Waals surface area contributed by atoms with E-state index in [0.29, 0.717) is 0 Å². The molecule has 0 spiro atoms. The van der Waals surface area contributed by atoms with Gasteiger partial charge in [-0.05, 0) is 18.6 Å². The fraction of sp³-hybridized carbons (Fsp3) is 0.429. The zero-order valence-corrected chi connectivity index (χ0v) is 5.37. The van der Waals surface area contributed by atoms with Crippen LogP contribution in [0.2, 0.25) is 0 Å². The monoisotopic (exact) mass is 126 g/mol. The topological polar surface area (TPSA) is 29.5 Å². The summed E-state index contributed by atoms with van der Waals surface area (Å²) < 4.78 is 4.76. The molecule has 9 heavy (non-hydrogen) atoms. The number of aliphatic hydroxyl groups is 1. The highest BCUT2D eigenvalue weighted by Crippen LogP contribution is 2.14. The first-order chi connectivity index (χ1) is 4.27. The number of hydrogen-bond acceptors (Lipinski definition) is 2. The van der Waals surface area contributed by atoms with Crippen LogP contribution in [0.3, 0.4) is 0 Å². The van der Waals surface area contributed by atoms with Gasteiger partial charge in [-0.25, -0.2) is 0 Å². The lowest BCUT2D eigenvalue weighted by molar-refractivity contribution is -0.107. The van der Waals surface area contributed by atoms with Crippen molar-refractivity contribution in [1.82, 2.24) is 0 Å². The normalized spacial score (nSPS) is 22.4. The van der Waals surface area contributed by atoms with Crippen molar-refractivity contribution >= 4 is 0 Å². The highest BCUT2D eigenvalue weighted by molar-refractivity contribution is 5.14. The average molecular weight is 126 g/mol. The Morgan fingerprint density at radius 3 is 2.33 bits per heavy atom. The summed E-state index contributed by atoms with van der Waals surface area (Å²) in [7, 11) is 1.47. The molecule has 1 rings (SSSR count). The summed E-state index contributed by atoms with van der Waals surface area (Å²) >= 11 is 0. The van der Waals surface area contributed by atoms with E-state index >= 15 is 0 Å². The number of ether oxygens (including phenoxy) is 1. The van der Waals surface area contributed by atoms with Gasteiger partial charge in [0.2, 0.25) is 5.79 Å². The summed E-state index contributed by atoms with van der Waals surface area (Å²) in [6.45, 7) is 0. The Morgan fingerprint density at radius 2 is 2.00 bits per heavy atom. The van der Waals surface area contributed by atoms with Gasteiger partial charge >= 0.3 is 0 Å². The fourth-order valence-corrected chi connectivity index (χ4v) is 0.744. The average Bonchev–Trinajstić information content (AvgIpc) is 1.90. The van der Waals surface area contributed by atoms with Crippen LogP contribution in [-0.2, 0) is 4.74 Å². The van der Waals surface area contributed by atoms with Crippen molar-refractivity contribution < 1.29 is 9.84 Å². The van der Waals surface area contributed by atoms with E-state index in [4.69, 9.17) is 4.74 Å². The molecule has 0 heterocycles. The van der Waals surface area contributed by atoms with Gasteiger partial charge in [-0.1, -0.05) is 12.2 Å². The molecule has 0 fully saturated rings. The van der Waals surface area contributed by atoms with Gasteiger partial charge in [-0.3, -0.25) is 0 Å². The molecule has 0 aromatic rings. The zero-order valence-electron chi connectivity index (χ0n) is 5.37. The SMILES string of the molecule is COC1(O)C=CCC=C1. The van der Waals surface area contributed by atoms with Crippen LogP contribution < -0.4 is 0 Å². The molecule has 0 saturated heterocycles. The lowest BCUT2D eigenvalue weighted by Crippen LogP contribution is -2.25. The summed E-state index contributed by atoms with van der Waals surface area (Å²) in [6, 6.07) is 0. The molecular weight excluding hydrogens is 116 g/mol. The van der Waals surface area contributed by atoms with Crippen LogP contribution in [-0.4, -0.2) is 18.0 Å². The van der Waals surface area contributed by atoms with Gasteiger partial charge in [0, 0.05) is 7.11 Å². The highest BCUT2D eigenvalue weighted by atomic mass is 16.6. The van der Waals surface area contributed by atoms with Crippen LogP contribution >= 0.6 is 0 Å². The number of rotatable bonds is 1. The maximum atomic E-state index is 9.28. The molecule has 0 amide bonds. The molecule has 0 atom stereocenters. The second-order valence-corrected chi connectivity index (χ2v) is 2.00. The van der Waals surface area contributed by atoms with E-state index in [-0.39, 0.29) is 0 Å². The first-order valence-electron chi connectivity index (χ1n) is 2.90. The summed E-state index contributed by atoms with van der Waals surface area (Å²) in [4.78, 5) is 0. The van der Waals surface area contributed by atoms with Crippen molar-refractivity contribution in [2.45, 2.75) is 12.2 Å². The molecule has 50 valence electrons. The molecule has 1 N–H and O–H groups in total. The Kier molecular flexibility index (Phi) is 1.69. The lowest BCUT2D eigenvalue weighted by Gasteiger charge is -2.19. The third-order valence-corrected chi connectivity index (χ3v) is 1.31. The molecule has 0 aliphatic heterocycles. The predicted molar refractivity (Wildman–Crippen MR) is 34.9 cm³/mol. The van der Waals surface area contributed by atoms with Crippen LogP contribution in [0.1, 0.15) is 6.42 Å². The summed E-state index contributed by atoms with van der Waals surface area (Å²) in [6.07, 6.45) is 7.87. The number of methoxy groups -OCH3 is 1. The molecule has 0 aromatic heterocycles. The van der Waals surface area contributed by atoms with Gasteiger partial charge in [-0.2, -0.15) is 0 Å². The standard InChI is InChI=1S/C7H10O2/c1-9-7(8)5-3-2-4-6-7/h3-6,8H,2H2,1H3. The molecule has 0 saturated carbocycles. The second kappa shape index (κ2) is 2.33. The maximum absolute atomic E-state index is 9.28. The minimum atomic E-state index is -1.14. The van der Waals surface area contributed by atoms with E-state index in [1.807, 2.05) is 12.2 Å². The molecule has 2 heteroatoms. The summed E-state index contributed by atoms with van der Waals surface area (Å²) in [5.74, 6) is -1.14. The van der Waals surface area contributed by atoms with E-state index < -0.39 is 5.79 Å². The van der Waals surface area contributed by atoms with Gasteiger partial charge in [-0.15, -0.1) is 0 Å². The van der Waals surface area contributed by atoms with Crippen LogP contribution in [0.25, 0.3) is 0 Å². The maximum Gasteiger partial charge on any atom is 0.205 e. The van der Waals surface area contributed by atoms with Gasteiger partial charge in [0.25, 0.3) is 0 Å². The van der Waals surface area contributed by atoms with Gasteiger partial charge in [0.15, 0.2) is 0 Å². The minimum absolute atomic E-state index is 0.881. The largest absolute Gasteiger partial charge is 0.359 e. The highest BCUT2D eigenvalue weighted by Gasteiger charge is 2.18. The third-order valence-electron chi connectivity index (χ3n) is 1.31. The van der Waals surface area contributed by atoms with Gasteiger partial charge in [0.05, 0.1) is 0 Å². The van der Waals surface area contributed by atoms with Crippen molar-refractivity contribution in [3.63, 3.8) is 0 Å². The van der Waals surface area contributed by atoms with Crippen molar-refractivity contribution in [3.05, 3.63) is 24.3 Å². The Hall–Kier alpha value is -0.600. The van der Waals surface area contributed by atoms with Crippen molar-refractivity contribution in [2.24, 2.45) is 0 Å². The molecule has 0 unspecified atom stereocenters. The molecule has 0 radical (unpaired) electrons. The van der Waals surface area contributed by atoms with Crippen molar-refractivity contribution in [1.29, 1.82) is 0 Å². The quantitative estimate of drug-likeness (QED) is 0.416. The van der Waals surface area contributed by atoms with Crippen molar-refractivity contribution in [2.75, 3.05) is 7.11 Å². The van der Waals surface area contributed by atoms with Crippen LogP contribution in [0.15, 0.2) is 24.3 Å². The third kappa shape index (κ3) is 1.40. The van der Waals surface area contributed by atoms with E-state index in [1.54, 1.807) is 12.2 Å². The van der Waals surface area contributed by atoms with Gasteiger partial charge < -0.3 is 9.84 Å². The first kappa shape index (κ1) is 6.52. The van der Waals surface area contributed by atoms with Crippen LogP contribution in [0.4, 0.5) is 0 Å². The van der Waals surface area contributed by atoms with E-state index in [2.05, 4.69) is 0 Å². The molecule has 1 aliphatic rings. The Balaban J connectivity index is 2.67. The van der Waals surface area contributed by atoms with Crippen LogP contribution in [0, 0.1) is 0 Å². The number of hydrogen-bond donors (Lipinski definition) is 1. The molecule has 1 aliphatic carbocycles. The van der Waals surface area contributed by atoms with E-state index in [0.717, 1.165) is 6.42 Å². The lowest BCUT2D eigenvalue weighted by atomic mass is 10.1. The Morgan fingerprint density at radius 1 is 1.44 bits per heavy atom. The van der Waals surface area contributed by atoms with Crippen LogP contribution in [0.5, 0.6) is 0 Å².